The molecular formula is C14H31Cl2N3O2. The number of rotatable bonds is 7. The largest absolute Gasteiger partial charge is 0.393 e. The molecule has 0 spiro atoms. The van der Waals surface area contributed by atoms with Gasteiger partial charge in [0.15, 0.2) is 0 Å². The number of halogens is 2. The van der Waals surface area contributed by atoms with E-state index in [1.165, 1.54) is 0 Å². The highest BCUT2D eigenvalue weighted by molar-refractivity contribution is 5.86. The molecule has 0 aromatic rings. The van der Waals surface area contributed by atoms with Gasteiger partial charge in [0.1, 0.15) is 0 Å². The number of carbonyl (C=O) groups is 1. The number of carbonyl (C=O) groups excluding carboxylic acids is 1. The number of hydrogen-bond donors (Lipinski definition) is 3. The van der Waals surface area contributed by atoms with Gasteiger partial charge in [0.25, 0.3) is 0 Å². The summed E-state index contributed by atoms with van der Waals surface area (Å²) in [6, 6.07) is 0. The lowest BCUT2D eigenvalue weighted by molar-refractivity contribution is -0.126. The number of nitrogens with one attached hydrogen (secondary N) is 1. The summed E-state index contributed by atoms with van der Waals surface area (Å²) in [6.07, 6.45) is 4.17. The third kappa shape index (κ3) is 8.83. The summed E-state index contributed by atoms with van der Waals surface area (Å²) in [7, 11) is 0. The van der Waals surface area contributed by atoms with E-state index in [2.05, 4.69) is 10.2 Å². The molecule has 0 saturated carbocycles. The lowest BCUT2D eigenvalue weighted by atomic mass is 9.96. The minimum absolute atomic E-state index is 0. The summed E-state index contributed by atoms with van der Waals surface area (Å²) in [6.45, 7) is 7.39. The molecule has 1 atom stereocenters. The van der Waals surface area contributed by atoms with Crippen molar-refractivity contribution < 1.29 is 9.90 Å². The van der Waals surface area contributed by atoms with Gasteiger partial charge in [0.2, 0.25) is 5.91 Å². The van der Waals surface area contributed by atoms with E-state index in [1.54, 1.807) is 6.92 Å². The molecule has 1 heterocycles. The summed E-state index contributed by atoms with van der Waals surface area (Å²) in [5.41, 5.74) is 5.21. The van der Waals surface area contributed by atoms with Crippen LogP contribution >= 0.6 is 24.8 Å². The van der Waals surface area contributed by atoms with Gasteiger partial charge in [0, 0.05) is 19.6 Å². The highest BCUT2D eigenvalue weighted by atomic mass is 35.5. The minimum Gasteiger partial charge on any atom is -0.393 e. The first-order valence-corrected chi connectivity index (χ1v) is 7.43. The molecule has 7 heteroatoms. The highest BCUT2D eigenvalue weighted by Crippen LogP contribution is 2.10. The maximum absolute atomic E-state index is 11.9. The molecule has 1 saturated heterocycles. The van der Waals surface area contributed by atoms with Crippen LogP contribution in [0.5, 0.6) is 0 Å². The Hall–Kier alpha value is -0.0700. The number of piperidine rings is 1. The van der Waals surface area contributed by atoms with E-state index in [0.717, 1.165) is 45.3 Å². The topological polar surface area (TPSA) is 78.6 Å². The minimum atomic E-state index is -0.746. The van der Waals surface area contributed by atoms with Gasteiger partial charge in [-0.25, -0.2) is 0 Å². The first-order valence-electron chi connectivity index (χ1n) is 7.43. The van der Waals surface area contributed by atoms with E-state index in [9.17, 15) is 9.90 Å². The van der Waals surface area contributed by atoms with Crippen LogP contribution in [0.1, 0.15) is 46.0 Å². The van der Waals surface area contributed by atoms with Crippen LogP contribution in [0.25, 0.3) is 0 Å². The van der Waals surface area contributed by atoms with Crippen molar-refractivity contribution in [2.24, 2.45) is 5.73 Å². The van der Waals surface area contributed by atoms with E-state index >= 15 is 0 Å². The Bertz CT molecular complexity index is 283. The second-order valence-electron chi connectivity index (χ2n) is 5.85. The molecule has 0 aliphatic carbocycles. The van der Waals surface area contributed by atoms with Crippen molar-refractivity contribution in [3.8, 4) is 0 Å². The molecule has 0 aromatic carbocycles. The van der Waals surface area contributed by atoms with Crippen molar-refractivity contribution in [1.82, 2.24) is 10.2 Å². The Morgan fingerprint density at radius 2 is 1.95 bits per heavy atom. The number of amides is 1. The molecule has 4 N–H and O–H groups in total. The first kappa shape index (κ1) is 23.2. The molecule has 0 aromatic heterocycles. The molecular weight excluding hydrogens is 313 g/mol. The highest BCUT2D eigenvalue weighted by Gasteiger charge is 2.26. The molecule has 21 heavy (non-hydrogen) atoms. The maximum atomic E-state index is 11.9. The lowest BCUT2D eigenvalue weighted by Gasteiger charge is -2.29. The molecule has 0 bridgehead atoms. The third-order valence-electron chi connectivity index (χ3n) is 3.78. The molecule has 5 nitrogen and oxygen atoms in total. The van der Waals surface area contributed by atoms with Crippen LogP contribution in [0, 0.1) is 0 Å². The smallest absolute Gasteiger partial charge is 0.239 e. The van der Waals surface area contributed by atoms with E-state index < -0.39 is 5.54 Å². The fraction of sp³-hybridized carbons (Fsp3) is 0.929. The first-order chi connectivity index (χ1) is 8.95. The van der Waals surface area contributed by atoms with Gasteiger partial charge in [-0.2, -0.15) is 0 Å². The van der Waals surface area contributed by atoms with E-state index in [-0.39, 0.29) is 36.8 Å². The van der Waals surface area contributed by atoms with Gasteiger partial charge in [-0.3, -0.25) is 4.79 Å². The molecule has 128 valence electrons. The zero-order valence-electron chi connectivity index (χ0n) is 13.1. The molecule has 0 radical (unpaired) electrons. The van der Waals surface area contributed by atoms with Crippen LogP contribution in [0.2, 0.25) is 0 Å². The fourth-order valence-electron chi connectivity index (χ4n) is 2.48. The number of aliphatic hydroxyl groups is 1. The summed E-state index contributed by atoms with van der Waals surface area (Å²) in [4.78, 5) is 14.2. The predicted molar refractivity (Wildman–Crippen MR) is 91.3 cm³/mol. The number of aliphatic hydroxyl groups excluding tert-OH is 1. The molecule has 1 amide bonds. The summed E-state index contributed by atoms with van der Waals surface area (Å²) in [5, 5.41) is 12.3. The summed E-state index contributed by atoms with van der Waals surface area (Å²) in [5.74, 6) is -0.0524. The Balaban J connectivity index is 0. The van der Waals surface area contributed by atoms with Crippen molar-refractivity contribution in [1.29, 1.82) is 0 Å². The molecule has 1 unspecified atom stereocenters. The molecule has 1 aliphatic rings. The number of nitrogens with zero attached hydrogens (tertiary/aromatic N) is 1. The van der Waals surface area contributed by atoms with Crippen LogP contribution in [0.3, 0.4) is 0 Å². The molecule has 1 rings (SSSR count). The zero-order valence-corrected chi connectivity index (χ0v) is 14.8. The number of likely N-dealkylation sites (tertiary alicyclic amines) is 1. The average Bonchev–Trinajstić information content (AvgIpc) is 2.36. The Labute approximate surface area is 140 Å². The third-order valence-corrected chi connectivity index (χ3v) is 3.78. The zero-order chi connectivity index (χ0) is 14.3. The lowest BCUT2D eigenvalue weighted by Crippen LogP contribution is -2.51. The van der Waals surface area contributed by atoms with Crippen molar-refractivity contribution >= 4 is 30.7 Å². The quantitative estimate of drug-likeness (QED) is 0.609. The maximum Gasteiger partial charge on any atom is 0.239 e. The predicted octanol–water partition coefficient (Wildman–Crippen LogP) is 1.31. The summed E-state index contributed by atoms with van der Waals surface area (Å²) >= 11 is 0. The van der Waals surface area contributed by atoms with Gasteiger partial charge >= 0.3 is 0 Å². The van der Waals surface area contributed by atoms with E-state index in [0.29, 0.717) is 13.0 Å². The second-order valence-corrected chi connectivity index (χ2v) is 5.85. The van der Waals surface area contributed by atoms with Crippen molar-refractivity contribution in [2.75, 3.05) is 26.2 Å². The van der Waals surface area contributed by atoms with Crippen molar-refractivity contribution in [3.05, 3.63) is 0 Å². The van der Waals surface area contributed by atoms with Gasteiger partial charge < -0.3 is 21.1 Å². The van der Waals surface area contributed by atoms with Crippen LogP contribution in [-0.2, 0) is 4.79 Å². The van der Waals surface area contributed by atoms with E-state index in [4.69, 9.17) is 5.73 Å². The van der Waals surface area contributed by atoms with Crippen LogP contribution in [0.4, 0.5) is 0 Å². The van der Waals surface area contributed by atoms with Gasteiger partial charge in [0.05, 0.1) is 11.6 Å². The Morgan fingerprint density at radius 3 is 2.48 bits per heavy atom. The number of nitrogens with two attached hydrogens (primary N) is 1. The normalized spacial score (nSPS) is 19.0. The fourth-order valence-corrected chi connectivity index (χ4v) is 2.48. The standard InChI is InChI=1S/C14H29N3O2.2ClH/c1-3-7-14(2,15)13(19)16-8-4-9-17-10-5-12(18)6-11-17;;/h12,18H,3-11,15H2,1-2H3,(H,16,19);2*1H. The average molecular weight is 344 g/mol. The van der Waals surface area contributed by atoms with E-state index in [1.807, 2.05) is 6.92 Å². The van der Waals surface area contributed by atoms with Crippen molar-refractivity contribution in [3.63, 3.8) is 0 Å². The van der Waals surface area contributed by atoms with Gasteiger partial charge in [-0.1, -0.05) is 13.3 Å². The Morgan fingerprint density at radius 1 is 1.38 bits per heavy atom. The van der Waals surface area contributed by atoms with Crippen LogP contribution < -0.4 is 11.1 Å². The SMILES string of the molecule is CCCC(C)(N)C(=O)NCCCN1CCC(O)CC1.Cl.Cl. The second kappa shape index (κ2) is 11.5. The van der Waals surface area contributed by atoms with Gasteiger partial charge in [-0.15, -0.1) is 24.8 Å². The van der Waals surface area contributed by atoms with Crippen molar-refractivity contribution in [2.45, 2.75) is 57.6 Å². The van der Waals surface area contributed by atoms with Crippen LogP contribution in [0.15, 0.2) is 0 Å². The van der Waals surface area contributed by atoms with Gasteiger partial charge in [-0.05, 0) is 39.2 Å². The molecule has 1 fully saturated rings. The number of hydrogen-bond acceptors (Lipinski definition) is 4. The Kier molecular flexibility index (Phi) is 12.7. The molecule has 1 aliphatic heterocycles. The summed E-state index contributed by atoms with van der Waals surface area (Å²) < 4.78 is 0. The van der Waals surface area contributed by atoms with Crippen LogP contribution in [-0.4, -0.2) is 53.7 Å². The monoisotopic (exact) mass is 343 g/mol.